The summed E-state index contributed by atoms with van der Waals surface area (Å²) in [4.78, 5) is 4.19. The molecule has 6 heteroatoms. The van der Waals surface area contributed by atoms with Crippen molar-refractivity contribution in [3.63, 3.8) is 0 Å². The Bertz CT molecular complexity index is 488. The van der Waals surface area contributed by atoms with Gasteiger partial charge in [-0.25, -0.2) is 12.7 Å². The molecule has 5 nitrogen and oxygen atoms in total. The fraction of sp³-hybridized carbons (Fsp3) is 0.615. The van der Waals surface area contributed by atoms with Crippen molar-refractivity contribution in [2.75, 3.05) is 25.5 Å². The number of pyridine rings is 1. The summed E-state index contributed by atoms with van der Waals surface area (Å²) in [6.45, 7) is 5.35. The zero-order valence-electron chi connectivity index (χ0n) is 11.9. The first-order valence-corrected chi connectivity index (χ1v) is 8.12. The van der Waals surface area contributed by atoms with Crippen molar-refractivity contribution in [1.29, 1.82) is 0 Å². The number of hydrogen-bond donors (Lipinski definition) is 1. The number of anilines is 1. The summed E-state index contributed by atoms with van der Waals surface area (Å²) >= 11 is 0. The number of nitrogens with one attached hydrogen (secondary N) is 1. The van der Waals surface area contributed by atoms with E-state index < -0.39 is 10.0 Å². The van der Waals surface area contributed by atoms with Gasteiger partial charge >= 0.3 is 0 Å². The van der Waals surface area contributed by atoms with Crippen molar-refractivity contribution in [3.8, 4) is 0 Å². The molecule has 1 rings (SSSR count). The second kappa shape index (κ2) is 7.45. The van der Waals surface area contributed by atoms with Crippen LogP contribution in [-0.4, -0.2) is 37.8 Å². The minimum Gasteiger partial charge on any atom is -0.384 e. The van der Waals surface area contributed by atoms with Crippen LogP contribution in [0.4, 0.5) is 5.69 Å². The van der Waals surface area contributed by atoms with E-state index in [-0.39, 0.29) is 4.90 Å². The van der Waals surface area contributed by atoms with Gasteiger partial charge in [-0.2, -0.15) is 0 Å². The topological polar surface area (TPSA) is 62.3 Å². The highest BCUT2D eigenvalue weighted by molar-refractivity contribution is 7.89. The van der Waals surface area contributed by atoms with Crippen LogP contribution in [0.3, 0.4) is 0 Å². The van der Waals surface area contributed by atoms with Gasteiger partial charge in [-0.3, -0.25) is 4.98 Å². The van der Waals surface area contributed by atoms with E-state index in [0.29, 0.717) is 12.2 Å². The second-order valence-electron chi connectivity index (χ2n) is 4.48. The van der Waals surface area contributed by atoms with E-state index in [1.165, 1.54) is 10.5 Å². The number of hydrogen-bond acceptors (Lipinski definition) is 4. The van der Waals surface area contributed by atoms with Gasteiger partial charge in [0.25, 0.3) is 0 Å². The third-order valence-corrected chi connectivity index (χ3v) is 4.75. The Morgan fingerprint density at radius 3 is 2.68 bits per heavy atom. The Hall–Kier alpha value is -1.14. The lowest BCUT2D eigenvalue weighted by Gasteiger charge is -2.19. The highest BCUT2D eigenvalue weighted by atomic mass is 32.2. The molecular formula is C13H23N3O2S. The highest BCUT2D eigenvalue weighted by Crippen LogP contribution is 2.22. The summed E-state index contributed by atoms with van der Waals surface area (Å²) in [5.41, 5.74) is 0.625. The van der Waals surface area contributed by atoms with Crippen LogP contribution >= 0.6 is 0 Å². The Morgan fingerprint density at radius 2 is 2.05 bits per heavy atom. The second-order valence-corrected chi connectivity index (χ2v) is 6.49. The number of nitrogens with zero attached hydrogens (tertiary/aromatic N) is 2. The first kappa shape index (κ1) is 15.9. The molecule has 0 atom stereocenters. The van der Waals surface area contributed by atoms with Crippen molar-refractivity contribution in [2.45, 2.75) is 38.0 Å². The Morgan fingerprint density at radius 1 is 1.32 bits per heavy atom. The molecular weight excluding hydrogens is 262 g/mol. The van der Waals surface area contributed by atoms with E-state index in [1.54, 1.807) is 19.3 Å². The minimum absolute atomic E-state index is 0.252. The maximum atomic E-state index is 12.5. The standard InChI is InChI=1S/C13H23N3O2S/c1-4-6-10-16(3)19(17,18)13-11-14-9-7-12(13)15-8-5-2/h7,9,11H,4-6,8,10H2,1-3H3,(H,14,15). The fourth-order valence-electron chi connectivity index (χ4n) is 1.66. The Labute approximate surface area is 116 Å². The number of aromatic nitrogens is 1. The van der Waals surface area contributed by atoms with E-state index >= 15 is 0 Å². The average Bonchev–Trinajstić information content (AvgIpc) is 2.42. The van der Waals surface area contributed by atoms with Gasteiger partial charge in [0.05, 0.1) is 5.69 Å². The van der Waals surface area contributed by atoms with Gasteiger partial charge < -0.3 is 5.32 Å². The molecule has 0 aliphatic heterocycles. The fourth-order valence-corrected chi connectivity index (χ4v) is 2.98. The quantitative estimate of drug-likeness (QED) is 0.796. The van der Waals surface area contributed by atoms with Gasteiger partial charge in [-0.05, 0) is 18.9 Å². The Balaban J connectivity index is 3.00. The van der Waals surface area contributed by atoms with Crippen LogP contribution in [0.15, 0.2) is 23.4 Å². The molecule has 1 aromatic heterocycles. The third kappa shape index (κ3) is 4.18. The molecule has 0 fully saturated rings. The predicted molar refractivity (Wildman–Crippen MR) is 77.7 cm³/mol. The van der Waals surface area contributed by atoms with Gasteiger partial charge in [-0.15, -0.1) is 0 Å². The van der Waals surface area contributed by atoms with Crippen molar-refractivity contribution >= 4 is 15.7 Å². The maximum Gasteiger partial charge on any atom is 0.246 e. The lowest BCUT2D eigenvalue weighted by atomic mass is 10.3. The predicted octanol–water partition coefficient (Wildman–Crippen LogP) is 2.32. The van der Waals surface area contributed by atoms with Crippen LogP contribution in [0.1, 0.15) is 33.1 Å². The highest BCUT2D eigenvalue weighted by Gasteiger charge is 2.23. The van der Waals surface area contributed by atoms with Crippen molar-refractivity contribution in [1.82, 2.24) is 9.29 Å². The smallest absolute Gasteiger partial charge is 0.246 e. The van der Waals surface area contributed by atoms with E-state index in [0.717, 1.165) is 25.8 Å². The monoisotopic (exact) mass is 285 g/mol. The number of sulfonamides is 1. The normalized spacial score (nSPS) is 11.8. The van der Waals surface area contributed by atoms with E-state index in [4.69, 9.17) is 0 Å². The van der Waals surface area contributed by atoms with Gasteiger partial charge in [-0.1, -0.05) is 20.3 Å². The summed E-state index contributed by atoms with van der Waals surface area (Å²) < 4.78 is 26.3. The molecule has 0 aromatic carbocycles. The minimum atomic E-state index is -3.46. The molecule has 0 aliphatic carbocycles. The molecule has 0 spiro atoms. The zero-order valence-corrected chi connectivity index (χ0v) is 12.7. The molecule has 1 aromatic rings. The molecule has 0 radical (unpaired) electrons. The molecule has 108 valence electrons. The molecule has 1 N–H and O–H groups in total. The van der Waals surface area contributed by atoms with Crippen LogP contribution in [0, 0.1) is 0 Å². The summed E-state index contributed by atoms with van der Waals surface area (Å²) in [6.07, 6.45) is 5.77. The molecule has 0 amide bonds. The van der Waals surface area contributed by atoms with Crippen LogP contribution < -0.4 is 5.32 Å². The van der Waals surface area contributed by atoms with E-state index in [2.05, 4.69) is 10.3 Å². The summed E-state index contributed by atoms with van der Waals surface area (Å²) in [6, 6.07) is 1.70. The molecule has 19 heavy (non-hydrogen) atoms. The number of unbranched alkanes of at least 4 members (excludes halogenated alkanes) is 1. The third-order valence-electron chi connectivity index (χ3n) is 2.86. The molecule has 0 unspecified atom stereocenters. The van der Waals surface area contributed by atoms with Crippen LogP contribution in [-0.2, 0) is 10.0 Å². The van der Waals surface area contributed by atoms with Gasteiger partial charge in [0, 0.05) is 32.5 Å². The van der Waals surface area contributed by atoms with Crippen molar-refractivity contribution in [2.24, 2.45) is 0 Å². The molecule has 0 bridgehead atoms. The van der Waals surface area contributed by atoms with E-state index in [9.17, 15) is 8.42 Å². The molecule has 0 saturated heterocycles. The maximum absolute atomic E-state index is 12.5. The SMILES string of the molecule is CCCCN(C)S(=O)(=O)c1cnccc1NCCC. The zero-order chi connectivity index (χ0) is 14.3. The Kier molecular flexibility index (Phi) is 6.24. The number of rotatable bonds is 8. The lowest BCUT2D eigenvalue weighted by molar-refractivity contribution is 0.459. The largest absolute Gasteiger partial charge is 0.384 e. The lowest BCUT2D eigenvalue weighted by Crippen LogP contribution is -2.28. The molecule has 0 aliphatic rings. The molecule has 0 saturated carbocycles. The first-order valence-electron chi connectivity index (χ1n) is 6.68. The van der Waals surface area contributed by atoms with Crippen LogP contribution in [0.5, 0.6) is 0 Å². The summed E-state index contributed by atoms with van der Waals surface area (Å²) in [5.74, 6) is 0. The van der Waals surface area contributed by atoms with Crippen molar-refractivity contribution in [3.05, 3.63) is 18.5 Å². The van der Waals surface area contributed by atoms with Crippen LogP contribution in [0.25, 0.3) is 0 Å². The van der Waals surface area contributed by atoms with Gasteiger partial charge in [0.1, 0.15) is 4.90 Å². The molecule has 1 heterocycles. The van der Waals surface area contributed by atoms with Crippen molar-refractivity contribution < 1.29 is 8.42 Å². The average molecular weight is 285 g/mol. The summed E-state index contributed by atoms with van der Waals surface area (Å²) in [5, 5.41) is 3.13. The van der Waals surface area contributed by atoms with Gasteiger partial charge in [0.2, 0.25) is 10.0 Å². The van der Waals surface area contributed by atoms with Crippen LogP contribution in [0.2, 0.25) is 0 Å². The summed E-state index contributed by atoms with van der Waals surface area (Å²) in [7, 11) is -1.85. The van der Waals surface area contributed by atoms with Gasteiger partial charge in [0.15, 0.2) is 0 Å². The first-order chi connectivity index (χ1) is 9.04. The van der Waals surface area contributed by atoms with E-state index in [1.807, 2.05) is 13.8 Å².